The molecule has 2 heterocycles. The molecular weight excluding hydrogens is 292 g/mol. The summed E-state index contributed by atoms with van der Waals surface area (Å²) in [5, 5.41) is 6.27. The standard InChI is InChI=1S/C10H9BrN2O2S/c1-2-7-6(11)5-8(16-7)10(14)12-9-3-4-15-13-9/h3-5H,2H2,1H3,(H,12,13,14). The summed E-state index contributed by atoms with van der Waals surface area (Å²) in [6.45, 7) is 2.05. The molecule has 0 aliphatic rings. The fraction of sp³-hybridized carbons (Fsp3) is 0.200. The van der Waals surface area contributed by atoms with Gasteiger partial charge in [-0.25, -0.2) is 0 Å². The van der Waals surface area contributed by atoms with Crippen LogP contribution in [0.25, 0.3) is 0 Å². The molecule has 2 aromatic heterocycles. The van der Waals surface area contributed by atoms with Crippen molar-refractivity contribution in [2.24, 2.45) is 0 Å². The molecule has 6 heteroatoms. The first kappa shape index (κ1) is 11.3. The Bertz CT molecular complexity index is 493. The van der Waals surface area contributed by atoms with Gasteiger partial charge in [0.1, 0.15) is 6.26 Å². The largest absolute Gasteiger partial charge is 0.363 e. The Kier molecular flexibility index (Phi) is 3.40. The predicted octanol–water partition coefficient (Wildman–Crippen LogP) is 3.31. The van der Waals surface area contributed by atoms with E-state index in [2.05, 4.69) is 37.9 Å². The maximum absolute atomic E-state index is 11.8. The lowest BCUT2D eigenvalue weighted by Gasteiger charge is -1.96. The zero-order valence-corrected chi connectivity index (χ0v) is 10.9. The number of aryl methyl sites for hydroxylation is 1. The minimum Gasteiger partial charge on any atom is -0.363 e. The van der Waals surface area contributed by atoms with Gasteiger partial charge in [0.25, 0.3) is 5.91 Å². The van der Waals surface area contributed by atoms with Gasteiger partial charge < -0.3 is 9.84 Å². The normalized spacial score (nSPS) is 10.4. The first-order valence-corrected chi connectivity index (χ1v) is 6.31. The molecule has 0 bridgehead atoms. The van der Waals surface area contributed by atoms with Gasteiger partial charge in [-0.05, 0) is 28.4 Å². The zero-order valence-electron chi connectivity index (χ0n) is 8.49. The van der Waals surface area contributed by atoms with Crippen LogP contribution in [-0.4, -0.2) is 11.1 Å². The Morgan fingerprint density at radius 3 is 3.06 bits per heavy atom. The highest BCUT2D eigenvalue weighted by Gasteiger charge is 2.13. The van der Waals surface area contributed by atoms with Crippen molar-refractivity contribution >= 4 is 39.0 Å². The van der Waals surface area contributed by atoms with Crippen LogP contribution >= 0.6 is 27.3 Å². The number of amides is 1. The summed E-state index contributed by atoms with van der Waals surface area (Å²) < 4.78 is 5.61. The minimum atomic E-state index is -0.167. The van der Waals surface area contributed by atoms with E-state index in [0.717, 1.165) is 15.8 Å². The summed E-state index contributed by atoms with van der Waals surface area (Å²) in [6, 6.07) is 3.42. The Morgan fingerprint density at radius 1 is 1.69 bits per heavy atom. The Labute approximate surface area is 105 Å². The lowest BCUT2D eigenvalue weighted by atomic mass is 10.3. The van der Waals surface area contributed by atoms with Crippen molar-refractivity contribution in [3.63, 3.8) is 0 Å². The molecule has 2 aromatic rings. The number of hydrogen-bond acceptors (Lipinski definition) is 4. The average Bonchev–Trinajstić information content (AvgIpc) is 2.87. The quantitative estimate of drug-likeness (QED) is 0.946. The maximum atomic E-state index is 11.8. The van der Waals surface area contributed by atoms with Gasteiger partial charge in [0, 0.05) is 15.4 Å². The summed E-state index contributed by atoms with van der Waals surface area (Å²) in [7, 11) is 0. The van der Waals surface area contributed by atoms with Gasteiger partial charge in [-0.15, -0.1) is 11.3 Å². The molecule has 1 N–H and O–H groups in total. The van der Waals surface area contributed by atoms with Crippen molar-refractivity contribution in [2.45, 2.75) is 13.3 Å². The Balaban J connectivity index is 2.15. The third-order valence-corrected chi connectivity index (χ3v) is 4.23. The number of hydrogen-bond donors (Lipinski definition) is 1. The Hall–Kier alpha value is -1.14. The highest BCUT2D eigenvalue weighted by atomic mass is 79.9. The molecule has 0 saturated carbocycles. The molecule has 0 saturated heterocycles. The van der Waals surface area contributed by atoms with Crippen LogP contribution in [0, 0.1) is 0 Å². The highest BCUT2D eigenvalue weighted by molar-refractivity contribution is 9.10. The summed E-state index contributed by atoms with van der Waals surface area (Å²) in [5.41, 5.74) is 0. The fourth-order valence-corrected chi connectivity index (χ4v) is 3.00. The lowest BCUT2D eigenvalue weighted by Crippen LogP contribution is -2.10. The van der Waals surface area contributed by atoms with E-state index in [1.807, 2.05) is 6.07 Å². The molecule has 4 nitrogen and oxygen atoms in total. The van der Waals surface area contributed by atoms with Crippen molar-refractivity contribution in [2.75, 3.05) is 5.32 Å². The van der Waals surface area contributed by atoms with Crippen molar-refractivity contribution in [3.8, 4) is 0 Å². The number of rotatable bonds is 3. The number of nitrogens with one attached hydrogen (secondary N) is 1. The van der Waals surface area contributed by atoms with E-state index in [0.29, 0.717) is 10.7 Å². The van der Waals surface area contributed by atoms with Crippen LogP contribution in [0.3, 0.4) is 0 Å². The molecule has 16 heavy (non-hydrogen) atoms. The first-order valence-electron chi connectivity index (χ1n) is 4.70. The fourth-order valence-electron chi connectivity index (χ4n) is 1.21. The second kappa shape index (κ2) is 4.80. The van der Waals surface area contributed by atoms with E-state index in [1.165, 1.54) is 17.6 Å². The molecule has 2 rings (SSSR count). The monoisotopic (exact) mass is 300 g/mol. The molecule has 0 fully saturated rings. The molecule has 0 spiro atoms. The van der Waals surface area contributed by atoms with Gasteiger partial charge in [0.15, 0.2) is 5.82 Å². The van der Waals surface area contributed by atoms with Crippen molar-refractivity contribution in [1.82, 2.24) is 5.16 Å². The summed E-state index contributed by atoms with van der Waals surface area (Å²) >= 11 is 4.89. The topological polar surface area (TPSA) is 55.1 Å². The molecule has 0 atom stereocenters. The van der Waals surface area contributed by atoms with Crippen LogP contribution < -0.4 is 5.32 Å². The van der Waals surface area contributed by atoms with Gasteiger partial charge in [0.2, 0.25) is 0 Å². The van der Waals surface area contributed by atoms with Crippen molar-refractivity contribution < 1.29 is 9.32 Å². The molecule has 0 unspecified atom stereocenters. The maximum Gasteiger partial charge on any atom is 0.267 e. The number of carbonyl (C=O) groups excluding carboxylic acids is 1. The lowest BCUT2D eigenvalue weighted by molar-refractivity contribution is 0.102. The van der Waals surface area contributed by atoms with Crippen LogP contribution in [0.5, 0.6) is 0 Å². The summed E-state index contributed by atoms with van der Waals surface area (Å²) in [4.78, 5) is 13.6. The number of halogens is 1. The van der Waals surface area contributed by atoms with E-state index in [1.54, 1.807) is 6.07 Å². The summed E-state index contributed by atoms with van der Waals surface area (Å²) in [5.74, 6) is 0.256. The third kappa shape index (κ3) is 2.33. The van der Waals surface area contributed by atoms with Gasteiger partial charge in [-0.2, -0.15) is 0 Å². The van der Waals surface area contributed by atoms with E-state index in [4.69, 9.17) is 0 Å². The average molecular weight is 301 g/mol. The zero-order chi connectivity index (χ0) is 11.5. The van der Waals surface area contributed by atoms with Gasteiger partial charge in [-0.1, -0.05) is 12.1 Å². The van der Waals surface area contributed by atoms with Crippen molar-refractivity contribution in [3.05, 3.63) is 32.6 Å². The van der Waals surface area contributed by atoms with E-state index in [-0.39, 0.29) is 5.91 Å². The molecule has 0 aromatic carbocycles. The molecule has 84 valence electrons. The Morgan fingerprint density at radius 2 is 2.50 bits per heavy atom. The second-order valence-corrected chi connectivity index (χ2v) is 5.07. The van der Waals surface area contributed by atoms with E-state index >= 15 is 0 Å². The van der Waals surface area contributed by atoms with Crippen LogP contribution in [0.4, 0.5) is 5.82 Å². The first-order chi connectivity index (χ1) is 7.70. The van der Waals surface area contributed by atoms with Crippen LogP contribution in [0.1, 0.15) is 21.5 Å². The SMILES string of the molecule is CCc1sc(C(=O)Nc2ccon2)cc1Br. The molecule has 0 aliphatic carbocycles. The predicted molar refractivity (Wildman–Crippen MR) is 65.9 cm³/mol. The van der Waals surface area contributed by atoms with Crippen LogP contribution in [0.2, 0.25) is 0 Å². The minimum absolute atomic E-state index is 0.167. The van der Waals surface area contributed by atoms with E-state index < -0.39 is 0 Å². The molecular formula is C10H9BrN2O2S. The van der Waals surface area contributed by atoms with Gasteiger partial charge >= 0.3 is 0 Å². The van der Waals surface area contributed by atoms with Crippen LogP contribution in [0.15, 0.2) is 27.4 Å². The van der Waals surface area contributed by atoms with Gasteiger partial charge in [-0.3, -0.25) is 4.79 Å². The van der Waals surface area contributed by atoms with E-state index in [9.17, 15) is 4.79 Å². The summed E-state index contributed by atoms with van der Waals surface area (Å²) in [6.07, 6.45) is 2.32. The number of aromatic nitrogens is 1. The highest BCUT2D eigenvalue weighted by Crippen LogP contribution is 2.28. The third-order valence-electron chi connectivity index (χ3n) is 1.98. The number of anilines is 1. The number of nitrogens with zero attached hydrogens (tertiary/aromatic N) is 1. The van der Waals surface area contributed by atoms with Crippen molar-refractivity contribution in [1.29, 1.82) is 0 Å². The van der Waals surface area contributed by atoms with Crippen LogP contribution in [-0.2, 0) is 6.42 Å². The molecule has 0 aliphatic heterocycles. The smallest absolute Gasteiger partial charge is 0.267 e. The number of thiophene rings is 1. The van der Waals surface area contributed by atoms with Gasteiger partial charge in [0.05, 0.1) is 4.88 Å². The molecule has 1 amide bonds. The molecule has 0 radical (unpaired) electrons. The number of carbonyl (C=O) groups is 1. The second-order valence-electron chi connectivity index (χ2n) is 3.07.